The molecule has 0 radical (unpaired) electrons. The van der Waals surface area contributed by atoms with E-state index < -0.39 is 0 Å². The van der Waals surface area contributed by atoms with E-state index in [2.05, 4.69) is 61.8 Å². The second-order valence-electron chi connectivity index (χ2n) is 8.91. The zero-order valence-corrected chi connectivity index (χ0v) is 22.5. The summed E-state index contributed by atoms with van der Waals surface area (Å²) in [4.78, 5) is 14.8. The van der Waals surface area contributed by atoms with Crippen molar-refractivity contribution >= 4 is 40.8 Å². The number of benzene rings is 1. The summed E-state index contributed by atoms with van der Waals surface area (Å²) < 4.78 is 5.74. The Labute approximate surface area is 213 Å². The van der Waals surface area contributed by atoms with E-state index in [1.165, 1.54) is 34.9 Å². The number of oxazole rings is 1. The van der Waals surface area contributed by atoms with Crippen LogP contribution in [0.25, 0.3) is 10.9 Å². The van der Waals surface area contributed by atoms with Gasteiger partial charge in [0.1, 0.15) is 5.76 Å². The number of guanidine groups is 1. The summed E-state index contributed by atoms with van der Waals surface area (Å²) in [7, 11) is 1.84. The van der Waals surface area contributed by atoms with E-state index in [9.17, 15) is 0 Å². The van der Waals surface area contributed by atoms with Crippen molar-refractivity contribution in [3.8, 4) is 0 Å². The third-order valence-corrected chi connectivity index (χ3v) is 6.60. The van der Waals surface area contributed by atoms with E-state index in [1.807, 2.05) is 20.9 Å². The van der Waals surface area contributed by atoms with Crippen LogP contribution in [-0.4, -0.2) is 54.1 Å². The van der Waals surface area contributed by atoms with Crippen molar-refractivity contribution < 1.29 is 4.42 Å². The number of halogens is 1. The summed E-state index contributed by atoms with van der Waals surface area (Å²) in [6.07, 6.45) is 5.45. The number of likely N-dealkylation sites (tertiary alicyclic amines) is 1. The lowest BCUT2D eigenvalue weighted by Gasteiger charge is -2.31. The largest absolute Gasteiger partial charge is 0.444 e. The van der Waals surface area contributed by atoms with Crippen molar-refractivity contribution in [3.63, 3.8) is 0 Å². The number of rotatable bonds is 7. The lowest BCUT2D eigenvalue weighted by Crippen LogP contribution is -2.43. The first-order chi connectivity index (χ1) is 15.5. The zero-order chi connectivity index (χ0) is 22.5. The average Bonchev–Trinajstić information content (AvgIpc) is 3.35. The van der Waals surface area contributed by atoms with Crippen LogP contribution in [0.2, 0.25) is 0 Å². The number of aromatic amines is 1. The van der Waals surface area contributed by atoms with Crippen molar-refractivity contribution in [3.05, 3.63) is 52.9 Å². The lowest BCUT2D eigenvalue weighted by molar-refractivity contribution is 0.164. The Bertz CT molecular complexity index is 1040. The summed E-state index contributed by atoms with van der Waals surface area (Å²) in [5.74, 6) is 3.31. The minimum absolute atomic E-state index is 0. The van der Waals surface area contributed by atoms with Crippen LogP contribution in [0.5, 0.6) is 0 Å². The minimum atomic E-state index is 0. The van der Waals surface area contributed by atoms with Crippen molar-refractivity contribution in [2.75, 3.05) is 33.2 Å². The van der Waals surface area contributed by atoms with Gasteiger partial charge in [0.2, 0.25) is 5.89 Å². The number of hydrogen-bond donors (Lipinski definition) is 3. The van der Waals surface area contributed by atoms with E-state index in [1.54, 1.807) is 0 Å². The topological polar surface area (TPSA) is 81.5 Å². The molecular formula is C25H37IN6O. The number of nitrogens with one attached hydrogen (secondary N) is 3. The smallest absolute Gasteiger partial charge is 0.208 e. The van der Waals surface area contributed by atoms with Crippen LogP contribution in [-0.2, 0) is 13.0 Å². The second-order valence-corrected chi connectivity index (χ2v) is 8.91. The standard InChI is InChI=1S/C25H36N6O.HI/c1-17-6-5-7-22-24(17)21(15-28-22)8-11-27-25(26-4)29-14-20-9-12-31(13-10-20)16-23-30-18(2)19(3)32-23;/h5-7,15,20,28H,8-14,16H2,1-4H3,(H2,26,27,29);1H. The molecule has 2 aromatic heterocycles. The maximum atomic E-state index is 5.74. The lowest BCUT2D eigenvalue weighted by atomic mass is 9.97. The molecule has 0 amide bonds. The SMILES string of the molecule is CN=C(NCCc1c[nH]c2cccc(C)c12)NCC1CCN(Cc2nc(C)c(C)o2)CC1.I. The van der Waals surface area contributed by atoms with Crippen LogP contribution in [0.4, 0.5) is 0 Å². The quantitative estimate of drug-likeness (QED) is 0.226. The fourth-order valence-electron chi connectivity index (χ4n) is 4.57. The first-order valence-corrected chi connectivity index (χ1v) is 11.7. The molecule has 4 rings (SSSR count). The molecule has 7 nitrogen and oxygen atoms in total. The van der Waals surface area contributed by atoms with Gasteiger partial charge in [-0.25, -0.2) is 4.98 Å². The highest BCUT2D eigenvalue weighted by Crippen LogP contribution is 2.22. The molecule has 33 heavy (non-hydrogen) atoms. The van der Waals surface area contributed by atoms with Crippen LogP contribution in [0.3, 0.4) is 0 Å². The van der Waals surface area contributed by atoms with E-state index in [4.69, 9.17) is 4.42 Å². The van der Waals surface area contributed by atoms with Gasteiger partial charge >= 0.3 is 0 Å². The Hall–Kier alpha value is -2.07. The summed E-state index contributed by atoms with van der Waals surface area (Å²) in [6.45, 7) is 10.9. The van der Waals surface area contributed by atoms with Gasteiger partial charge in [0.15, 0.2) is 5.96 Å². The molecule has 1 aliphatic rings. The maximum Gasteiger partial charge on any atom is 0.208 e. The number of aryl methyl sites for hydroxylation is 3. The number of aliphatic imine (C=N–C) groups is 1. The molecule has 0 unspecified atom stereocenters. The van der Waals surface area contributed by atoms with Crippen molar-refractivity contribution in [2.45, 2.75) is 46.6 Å². The van der Waals surface area contributed by atoms with Crippen LogP contribution in [0.1, 0.15) is 41.3 Å². The van der Waals surface area contributed by atoms with Crippen molar-refractivity contribution in [1.29, 1.82) is 0 Å². The van der Waals surface area contributed by atoms with Gasteiger partial charge in [0, 0.05) is 37.2 Å². The molecule has 0 atom stereocenters. The highest BCUT2D eigenvalue weighted by atomic mass is 127. The Morgan fingerprint density at radius 3 is 2.70 bits per heavy atom. The Balaban J connectivity index is 0.00000306. The third kappa shape index (κ3) is 6.50. The Kier molecular flexibility index (Phi) is 9.19. The third-order valence-electron chi connectivity index (χ3n) is 6.60. The Morgan fingerprint density at radius 1 is 1.21 bits per heavy atom. The van der Waals surface area contributed by atoms with Gasteiger partial charge in [-0.15, -0.1) is 24.0 Å². The first-order valence-electron chi connectivity index (χ1n) is 11.7. The molecule has 1 aromatic carbocycles. The van der Waals surface area contributed by atoms with Gasteiger partial charge < -0.3 is 20.0 Å². The number of piperidine rings is 1. The molecule has 0 bridgehead atoms. The predicted octanol–water partition coefficient (Wildman–Crippen LogP) is 4.32. The average molecular weight is 565 g/mol. The van der Waals surface area contributed by atoms with Gasteiger partial charge in [-0.2, -0.15) is 0 Å². The van der Waals surface area contributed by atoms with Crippen LogP contribution < -0.4 is 10.6 Å². The maximum absolute atomic E-state index is 5.74. The van der Waals surface area contributed by atoms with Crippen molar-refractivity contribution in [2.24, 2.45) is 10.9 Å². The molecule has 3 heterocycles. The molecule has 3 aromatic rings. The highest BCUT2D eigenvalue weighted by Gasteiger charge is 2.21. The van der Waals surface area contributed by atoms with Gasteiger partial charge in [-0.05, 0) is 76.2 Å². The van der Waals surface area contributed by atoms with Gasteiger partial charge in [0.05, 0.1) is 12.2 Å². The number of aromatic nitrogens is 2. The summed E-state index contributed by atoms with van der Waals surface area (Å²) >= 11 is 0. The monoisotopic (exact) mass is 564 g/mol. The molecule has 8 heteroatoms. The molecule has 0 spiro atoms. The minimum Gasteiger partial charge on any atom is -0.444 e. The predicted molar refractivity (Wildman–Crippen MR) is 145 cm³/mol. The summed E-state index contributed by atoms with van der Waals surface area (Å²) in [5, 5.41) is 8.35. The first kappa shape index (κ1) is 25.6. The van der Waals surface area contributed by atoms with E-state index in [-0.39, 0.29) is 24.0 Å². The van der Waals surface area contributed by atoms with Crippen LogP contribution >= 0.6 is 24.0 Å². The van der Waals surface area contributed by atoms with Gasteiger partial charge in [-0.1, -0.05) is 12.1 Å². The fourth-order valence-corrected chi connectivity index (χ4v) is 4.57. The van der Waals surface area contributed by atoms with Crippen molar-refractivity contribution in [1.82, 2.24) is 25.5 Å². The van der Waals surface area contributed by atoms with Gasteiger partial charge in [-0.3, -0.25) is 9.89 Å². The number of nitrogens with zero attached hydrogens (tertiary/aromatic N) is 3. The molecule has 0 saturated carbocycles. The second kappa shape index (κ2) is 11.9. The van der Waals surface area contributed by atoms with Crippen LogP contribution in [0.15, 0.2) is 33.8 Å². The normalized spacial score (nSPS) is 15.6. The molecule has 0 aliphatic carbocycles. The summed E-state index contributed by atoms with van der Waals surface area (Å²) in [5.41, 5.74) is 4.88. The number of hydrogen-bond acceptors (Lipinski definition) is 4. The fraction of sp³-hybridized carbons (Fsp3) is 0.520. The summed E-state index contributed by atoms with van der Waals surface area (Å²) in [6, 6.07) is 6.41. The van der Waals surface area contributed by atoms with Crippen LogP contribution in [0, 0.1) is 26.7 Å². The molecular weight excluding hydrogens is 527 g/mol. The number of fused-ring (bicyclic) bond motifs is 1. The molecule has 1 saturated heterocycles. The van der Waals surface area contributed by atoms with Gasteiger partial charge in [0.25, 0.3) is 0 Å². The molecule has 1 aliphatic heterocycles. The molecule has 1 fully saturated rings. The van der Waals surface area contributed by atoms with E-state index >= 15 is 0 Å². The Morgan fingerprint density at radius 2 is 2.00 bits per heavy atom. The molecule has 180 valence electrons. The van der Waals surface area contributed by atoms with E-state index in [0.29, 0.717) is 5.92 Å². The van der Waals surface area contributed by atoms with E-state index in [0.717, 1.165) is 62.4 Å². The zero-order valence-electron chi connectivity index (χ0n) is 20.2. The highest BCUT2D eigenvalue weighted by molar-refractivity contribution is 14.0. The molecule has 3 N–H and O–H groups in total. The number of H-pyrrole nitrogens is 1.